The van der Waals surface area contributed by atoms with E-state index >= 15 is 0 Å². The molecule has 10 rings (SSSR count). The van der Waals surface area contributed by atoms with Crippen molar-refractivity contribution < 1.29 is 99.0 Å². The van der Waals surface area contributed by atoms with Gasteiger partial charge in [0.1, 0.15) is 57.5 Å². The first-order chi connectivity index (χ1) is 33.4. The first-order valence-electron chi connectivity index (χ1n) is 22.2. The summed E-state index contributed by atoms with van der Waals surface area (Å²) in [6.07, 6.45) is 0.161. The summed E-state index contributed by atoms with van der Waals surface area (Å²) in [4.78, 5) is 0. The largest absolute Gasteiger partial charge is 0.567 e. The van der Waals surface area contributed by atoms with Gasteiger partial charge in [0.15, 0.2) is 0 Å². The molecule has 2 atom stereocenters. The topological polar surface area (TPSA) is 117 Å². The summed E-state index contributed by atoms with van der Waals surface area (Å²) >= 11 is 0. The van der Waals surface area contributed by atoms with Crippen molar-refractivity contribution in [2.24, 2.45) is 0 Å². The average molecular weight is 1280 g/mol. The van der Waals surface area contributed by atoms with Gasteiger partial charge in [0.05, 0.1) is 13.2 Å². The van der Waals surface area contributed by atoms with Crippen LogP contribution in [0, 0.1) is 27.1 Å². The fourth-order valence-electron chi connectivity index (χ4n) is 7.39. The molecule has 0 amide bonds. The van der Waals surface area contributed by atoms with E-state index in [4.69, 9.17) is 56.8 Å². The molecule has 2 heterocycles. The molecule has 8 aromatic rings. The van der Waals surface area contributed by atoms with E-state index in [0.29, 0.717) is 59.2 Å². The Hall–Kier alpha value is -6.42. The predicted molar refractivity (Wildman–Crippen MR) is 256 cm³/mol. The van der Waals surface area contributed by atoms with Crippen molar-refractivity contribution in [1.82, 2.24) is 0 Å². The Morgan fingerprint density at radius 1 is 0.357 bits per heavy atom. The Bertz CT molecular complexity index is 2940. The van der Waals surface area contributed by atoms with Gasteiger partial charge in [-0.2, -0.15) is 13.2 Å². The molecule has 358 valence electrons. The van der Waals surface area contributed by atoms with Crippen LogP contribution < -0.4 is 47.4 Å². The van der Waals surface area contributed by atoms with Crippen molar-refractivity contribution in [1.29, 1.82) is 0 Å². The SMILES string of the molecule is Cc1ccc2c(-c3c(OCOc4ccc(OCOc5ccc(OCC6[CH-]O6)cc5)cc4)ccc4cc(C)ccc34)cc(OCOc3ccc(OCOc4ccc(OCC5[CH-]O5)cc4)cc3)cc2c1.[W].[W]. The van der Waals surface area contributed by atoms with Crippen molar-refractivity contribution in [3.63, 3.8) is 0 Å². The first kappa shape index (κ1) is 50.0. The van der Waals surface area contributed by atoms with E-state index in [1.54, 1.807) is 13.2 Å². The van der Waals surface area contributed by atoms with E-state index in [2.05, 4.69) is 56.3 Å². The van der Waals surface area contributed by atoms with Gasteiger partial charge in [0.2, 0.25) is 27.2 Å². The van der Waals surface area contributed by atoms with E-state index in [9.17, 15) is 0 Å². The standard InChI is InChI=1S/C56H48O12.2W/c1-37-4-23-53-39(25-37)5-24-55(68-36-66-48-20-18-46(19-21-48)64-34-62-44-12-8-42(9-13-44)58-30-51-32-60-51)56(53)54-28-49(27-40-26-38(2)3-22-52(40)54)67-35-65-47-16-14-45(15-17-47)63-33-61-43-10-6-41(7-11-43)57-29-50-31-59-50;;/h3-28,31-32,50-51H,29-30,33-36H2,1-2H3;;/q-2;;. The fourth-order valence-corrected chi connectivity index (χ4v) is 7.39. The molecule has 0 aromatic heterocycles. The van der Waals surface area contributed by atoms with Crippen LogP contribution in [0.4, 0.5) is 0 Å². The summed E-state index contributed by atoms with van der Waals surface area (Å²) in [5.41, 5.74) is 4.16. The van der Waals surface area contributed by atoms with Crippen LogP contribution in [0.3, 0.4) is 0 Å². The second-order valence-electron chi connectivity index (χ2n) is 16.1. The van der Waals surface area contributed by atoms with Crippen LogP contribution in [0.2, 0.25) is 0 Å². The quantitative estimate of drug-likeness (QED) is 0.0345. The molecule has 2 aliphatic rings. The number of rotatable bonds is 23. The molecule has 2 aliphatic heterocycles. The predicted octanol–water partition coefficient (Wildman–Crippen LogP) is 11.8. The molecule has 0 N–H and O–H groups in total. The molecule has 0 bridgehead atoms. The molecule has 8 aromatic carbocycles. The molecule has 0 aliphatic carbocycles. The van der Waals surface area contributed by atoms with Crippen molar-refractivity contribution in [2.45, 2.75) is 26.1 Å². The van der Waals surface area contributed by atoms with Gasteiger partial charge >= 0.3 is 0 Å². The number of fused-ring (bicyclic) bond motifs is 2. The number of benzene rings is 8. The maximum Gasteiger partial charge on any atom is 0.230 e. The fraction of sp³-hybridized carbons (Fsp3) is 0.179. The maximum absolute atomic E-state index is 6.46. The smallest absolute Gasteiger partial charge is 0.230 e. The normalized spacial score (nSPS) is 14.3. The maximum atomic E-state index is 6.46. The van der Waals surface area contributed by atoms with Crippen molar-refractivity contribution >= 4 is 21.5 Å². The minimum atomic E-state index is -0.0306. The van der Waals surface area contributed by atoms with Gasteiger partial charge in [-0.15, -0.1) is 0 Å². The Labute approximate surface area is 435 Å². The summed E-state index contributed by atoms with van der Waals surface area (Å²) in [5.74, 6) is 6.66. The van der Waals surface area contributed by atoms with Crippen molar-refractivity contribution in [3.05, 3.63) is 182 Å². The van der Waals surface area contributed by atoms with Crippen LogP contribution in [0.15, 0.2) is 158 Å². The minimum absolute atomic E-state index is 0. The first-order valence-corrected chi connectivity index (χ1v) is 22.2. The molecule has 0 radical (unpaired) electrons. The van der Waals surface area contributed by atoms with Gasteiger partial charge in [0.25, 0.3) is 0 Å². The van der Waals surface area contributed by atoms with Crippen molar-refractivity contribution in [3.8, 4) is 68.6 Å². The van der Waals surface area contributed by atoms with Crippen LogP contribution >= 0.6 is 0 Å². The van der Waals surface area contributed by atoms with Gasteiger partial charge in [-0.3, -0.25) is 0 Å². The molecule has 0 spiro atoms. The molecule has 14 heteroatoms. The molecular weight excluding hydrogens is 1230 g/mol. The summed E-state index contributed by atoms with van der Waals surface area (Å²) < 4.78 is 69.5. The molecule has 2 unspecified atom stereocenters. The molecule has 2 saturated heterocycles. The number of ether oxygens (including phenoxy) is 12. The summed E-state index contributed by atoms with van der Waals surface area (Å²) in [7, 11) is 0. The van der Waals surface area contributed by atoms with E-state index in [1.165, 1.54) is 0 Å². The molecule has 12 nitrogen and oxygen atoms in total. The number of hydrogen-bond acceptors (Lipinski definition) is 12. The van der Waals surface area contributed by atoms with Gasteiger partial charge in [-0.25, -0.2) is 0 Å². The molecule has 0 saturated carbocycles. The van der Waals surface area contributed by atoms with E-state index < -0.39 is 0 Å². The number of aryl methyl sites for hydroxylation is 2. The van der Waals surface area contributed by atoms with Gasteiger partial charge < -0.3 is 56.8 Å². The summed E-state index contributed by atoms with van der Waals surface area (Å²) in [6, 6.07) is 50.3. The third-order valence-electron chi connectivity index (χ3n) is 11.1. The zero-order valence-electron chi connectivity index (χ0n) is 38.3. The van der Waals surface area contributed by atoms with Crippen LogP contribution in [-0.2, 0) is 51.6 Å². The second-order valence-corrected chi connectivity index (χ2v) is 16.1. The van der Waals surface area contributed by atoms with Crippen LogP contribution in [0.25, 0.3) is 32.7 Å². The Balaban J connectivity index is 0.00000329. The van der Waals surface area contributed by atoms with Crippen LogP contribution in [-0.4, -0.2) is 52.6 Å². The van der Waals surface area contributed by atoms with Gasteiger partial charge in [0, 0.05) is 47.7 Å². The average Bonchev–Trinajstić information content (AvgIpc) is 4.31. The molecular formula is C56H48O12W2-2. The van der Waals surface area contributed by atoms with Gasteiger partial charge in [-0.1, -0.05) is 53.6 Å². The van der Waals surface area contributed by atoms with Crippen LogP contribution in [0.1, 0.15) is 11.1 Å². The van der Waals surface area contributed by atoms with E-state index in [0.717, 1.165) is 55.3 Å². The Morgan fingerprint density at radius 2 is 0.714 bits per heavy atom. The third-order valence-corrected chi connectivity index (χ3v) is 11.1. The zero-order valence-corrected chi connectivity index (χ0v) is 44.1. The number of epoxide rings is 2. The second kappa shape index (κ2) is 23.9. The van der Waals surface area contributed by atoms with Gasteiger partial charge in [-0.05, 0) is 168 Å². The summed E-state index contributed by atoms with van der Waals surface area (Å²) in [6.45, 7) is 8.68. The van der Waals surface area contributed by atoms with E-state index in [1.807, 2.05) is 115 Å². The monoisotopic (exact) mass is 1280 g/mol. The third kappa shape index (κ3) is 13.7. The molecule has 70 heavy (non-hydrogen) atoms. The Kier molecular flexibility index (Phi) is 17.1. The minimum Gasteiger partial charge on any atom is -0.567 e. The molecule has 2 fully saturated rings. The Morgan fingerprint density at radius 3 is 1.13 bits per heavy atom. The van der Waals surface area contributed by atoms with Crippen molar-refractivity contribution in [2.75, 3.05) is 40.4 Å². The zero-order chi connectivity index (χ0) is 46.1. The van der Waals surface area contributed by atoms with Crippen LogP contribution in [0.5, 0.6) is 57.5 Å². The summed E-state index contributed by atoms with van der Waals surface area (Å²) in [5, 5.41) is 4.20. The van der Waals surface area contributed by atoms with E-state index in [-0.39, 0.29) is 81.5 Å². The number of hydrogen-bond donors (Lipinski definition) is 0.